The van der Waals surface area contributed by atoms with E-state index in [4.69, 9.17) is 11.6 Å². The molecule has 0 radical (unpaired) electrons. The number of fused-ring (bicyclic) bond motifs is 2. The molecule has 44 heavy (non-hydrogen) atoms. The first kappa shape index (κ1) is 30.4. The maximum atomic E-state index is 14.4. The van der Waals surface area contributed by atoms with E-state index in [0.29, 0.717) is 29.9 Å². The first-order valence-corrected chi connectivity index (χ1v) is 16.3. The highest BCUT2D eigenvalue weighted by atomic mass is 16.3. The van der Waals surface area contributed by atoms with Crippen molar-refractivity contribution >= 4 is 11.8 Å². The summed E-state index contributed by atoms with van der Waals surface area (Å²) in [6.07, 6.45) is 7.88. The van der Waals surface area contributed by atoms with Gasteiger partial charge in [0.1, 0.15) is 12.1 Å². The molecule has 6 atom stereocenters. The van der Waals surface area contributed by atoms with E-state index in [0.717, 1.165) is 60.8 Å². The zero-order valence-corrected chi connectivity index (χ0v) is 26.0. The van der Waals surface area contributed by atoms with E-state index in [1.807, 2.05) is 25.1 Å². The summed E-state index contributed by atoms with van der Waals surface area (Å²) in [5, 5.41) is 15.3. The number of nitrogens with zero attached hydrogens (tertiary/aromatic N) is 2. The smallest absolute Gasteiger partial charge is 0.251 e. The summed E-state index contributed by atoms with van der Waals surface area (Å²) in [6.45, 7) is 4.36. The number of hydrazine groups is 1. The van der Waals surface area contributed by atoms with Gasteiger partial charge in [-0.1, -0.05) is 67.1 Å². The second-order valence-electron chi connectivity index (χ2n) is 13.8. The summed E-state index contributed by atoms with van der Waals surface area (Å²) in [4.78, 5) is 29.6. The van der Waals surface area contributed by atoms with Crippen molar-refractivity contribution < 1.29 is 14.7 Å². The van der Waals surface area contributed by atoms with E-state index in [-0.39, 0.29) is 30.8 Å². The Kier molecular flexibility index (Phi) is 8.83. The van der Waals surface area contributed by atoms with Gasteiger partial charge in [0.05, 0.1) is 6.10 Å². The minimum Gasteiger partial charge on any atom is -0.401 e. The highest BCUT2D eigenvalue weighted by Crippen LogP contribution is 2.46. The Labute approximate surface area is 261 Å². The maximum absolute atomic E-state index is 14.4. The first-order chi connectivity index (χ1) is 21.2. The van der Waals surface area contributed by atoms with Crippen LogP contribution >= 0.6 is 0 Å². The number of hydrogen-bond acceptors (Lipinski definition) is 6. The predicted molar refractivity (Wildman–Crippen MR) is 172 cm³/mol. The van der Waals surface area contributed by atoms with Crippen LogP contribution in [0.1, 0.15) is 64.4 Å². The second-order valence-corrected chi connectivity index (χ2v) is 13.8. The Morgan fingerprint density at radius 2 is 1.75 bits per heavy atom. The number of β-amino-alcohol motifs (C(OH)–C–C–N with tert-alkyl or cyclic N) is 1. The molecule has 4 aliphatic rings. The van der Waals surface area contributed by atoms with Crippen molar-refractivity contribution in [2.24, 2.45) is 29.3 Å². The van der Waals surface area contributed by atoms with Crippen molar-refractivity contribution in [1.29, 1.82) is 0 Å². The summed E-state index contributed by atoms with van der Waals surface area (Å²) in [5.41, 5.74) is 12.9. The van der Waals surface area contributed by atoms with E-state index >= 15 is 0 Å². The van der Waals surface area contributed by atoms with Gasteiger partial charge in [-0.3, -0.25) is 14.6 Å². The number of allylic oxidation sites excluding steroid dienone is 2. The van der Waals surface area contributed by atoms with Gasteiger partial charge >= 0.3 is 0 Å². The van der Waals surface area contributed by atoms with Crippen LogP contribution in [-0.2, 0) is 16.0 Å². The summed E-state index contributed by atoms with van der Waals surface area (Å²) in [5.74, 6) is 7.62. The van der Waals surface area contributed by atoms with Crippen LogP contribution in [0.15, 0.2) is 77.6 Å². The van der Waals surface area contributed by atoms with Gasteiger partial charge in [-0.25, -0.2) is 5.84 Å². The van der Waals surface area contributed by atoms with E-state index in [2.05, 4.69) is 48.6 Å². The van der Waals surface area contributed by atoms with Crippen LogP contribution in [0.3, 0.4) is 0 Å². The molecule has 6 rings (SSSR count). The lowest BCUT2D eigenvalue weighted by Crippen LogP contribution is -2.55. The highest BCUT2D eigenvalue weighted by molar-refractivity contribution is 5.92. The van der Waals surface area contributed by atoms with Gasteiger partial charge in [-0.15, -0.1) is 0 Å². The Morgan fingerprint density at radius 3 is 2.45 bits per heavy atom. The molecule has 8 heteroatoms. The van der Waals surface area contributed by atoms with Crippen molar-refractivity contribution in [3.8, 4) is 11.1 Å². The molecule has 1 saturated heterocycles. The maximum Gasteiger partial charge on any atom is 0.251 e. The van der Waals surface area contributed by atoms with Crippen LogP contribution < -0.4 is 16.9 Å². The fraction of sp³-hybridized carbons (Fsp3) is 0.500. The number of aliphatic hydroxyl groups is 1. The molecule has 0 aromatic heterocycles. The van der Waals surface area contributed by atoms with Crippen LogP contribution in [0.25, 0.3) is 11.1 Å². The lowest BCUT2D eigenvalue weighted by molar-refractivity contribution is -0.141. The van der Waals surface area contributed by atoms with Crippen molar-refractivity contribution in [2.45, 2.75) is 89.4 Å². The van der Waals surface area contributed by atoms with Crippen LogP contribution in [0.2, 0.25) is 0 Å². The standard InChI is InChI=1S/C36H47N5O3/c1-22-14-25-17-29(15-22)31(18-25)34(41(38)21-32(37)28-12-13-28)36(44)40-20-30(42)19-33(40)35(43)39-23(2)16-24-8-10-27(11-9-24)26-6-4-3-5-7-26/h3-11,21-23,25,28,30,33-34,42H,12-20,37-38H2,1-2H3,(H,39,43)/b32-21-/t22?,23-,25?,30+,33-,34-/m0/s1. The Morgan fingerprint density at radius 1 is 1.05 bits per heavy atom. The number of amides is 2. The summed E-state index contributed by atoms with van der Waals surface area (Å²) in [6, 6.07) is 17.0. The molecule has 234 valence electrons. The Bertz CT molecular complexity index is 1420. The second kappa shape index (κ2) is 12.8. The fourth-order valence-corrected chi connectivity index (χ4v) is 7.66. The number of benzene rings is 2. The van der Waals surface area contributed by atoms with E-state index in [1.165, 1.54) is 10.6 Å². The largest absolute Gasteiger partial charge is 0.401 e. The molecule has 2 aromatic carbocycles. The number of likely N-dealkylation sites (tertiary alicyclic amines) is 1. The van der Waals surface area contributed by atoms with Gasteiger partial charge < -0.3 is 21.1 Å². The zero-order valence-electron chi connectivity index (χ0n) is 26.0. The number of rotatable bonds is 10. The Hall–Kier alpha value is -3.62. The molecule has 2 aromatic rings. The molecule has 2 amide bonds. The monoisotopic (exact) mass is 597 g/mol. The van der Waals surface area contributed by atoms with Crippen molar-refractivity contribution in [3.05, 3.63) is 83.2 Å². The minimum absolute atomic E-state index is 0.112. The molecular weight excluding hydrogens is 550 g/mol. The van der Waals surface area contributed by atoms with Gasteiger partial charge in [-0.05, 0) is 86.0 Å². The summed E-state index contributed by atoms with van der Waals surface area (Å²) >= 11 is 0. The van der Waals surface area contributed by atoms with Crippen molar-refractivity contribution in [2.75, 3.05) is 6.54 Å². The number of hydrogen-bond donors (Lipinski definition) is 4. The molecule has 1 heterocycles. The van der Waals surface area contributed by atoms with Crippen LogP contribution in [0.4, 0.5) is 0 Å². The van der Waals surface area contributed by atoms with Crippen LogP contribution in [-0.4, -0.2) is 57.6 Å². The van der Waals surface area contributed by atoms with Gasteiger partial charge in [0.2, 0.25) is 5.91 Å². The summed E-state index contributed by atoms with van der Waals surface area (Å²) < 4.78 is 0. The predicted octanol–water partition coefficient (Wildman–Crippen LogP) is 4.25. The van der Waals surface area contributed by atoms with Crippen LogP contribution in [0.5, 0.6) is 0 Å². The van der Waals surface area contributed by atoms with Crippen molar-refractivity contribution in [3.63, 3.8) is 0 Å². The number of nitrogens with two attached hydrogens (primary N) is 2. The molecule has 2 saturated carbocycles. The lowest BCUT2D eigenvalue weighted by Gasteiger charge is -2.34. The average Bonchev–Trinajstić information content (AvgIpc) is 3.71. The van der Waals surface area contributed by atoms with Gasteiger partial charge in [0.25, 0.3) is 5.91 Å². The number of carbonyl (C=O) groups excluding carboxylic acids is 2. The third-order valence-electron chi connectivity index (χ3n) is 9.89. The molecule has 2 unspecified atom stereocenters. The third kappa shape index (κ3) is 6.71. The number of carbonyl (C=O) groups is 2. The molecule has 3 aliphatic carbocycles. The summed E-state index contributed by atoms with van der Waals surface area (Å²) in [7, 11) is 0. The van der Waals surface area contributed by atoms with E-state index in [1.54, 1.807) is 11.1 Å². The zero-order chi connectivity index (χ0) is 31.0. The van der Waals surface area contributed by atoms with E-state index < -0.39 is 18.2 Å². The van der Waals surface area contributed by atoms with Gasteiger partial charge in [0.15, 0.2) is 0 Å². The molecule has 0 spiro atoms. The van der Waals surface area contributed by atoms with E-state index in [9.17, 15) is 14.7 Å². The van der Waals surface area contributed by atoms with Gasteiger partial charge in [-0.2, -0.15) is 0 Å². The molecule has 1 aliphatic heterocycles. The topological polar surface area (TPSA) is 125 Å². The number of aliphatic hydroxyl groups excluding tert-OH is 1. The van der Waals surface area contributed by atoms with Crippen molar-refractivity contribution in [1.82, 2.24) is 15.2 Å². The molecule has 3 fully saturated rings. The average molecular weight is 598 g/mol. The fourth-order valence-electron chi connectivity index (χ4n) is 7.66. The molecule has 6 N–H and O–H groups in total. The van der Waals surface area contributed by atoms with Crippen LogP contribution in [0, 0.1) is 17.8 Å². The SMILES string of the molecule is CC1CC2=C([C@@H](C(=O)N3C[C@H](O)C[C@H]3C(=O)N[C@@H](C)Cc3ccc(-c4ccccc4)cc3)N(N)/C=C(\N)C3CC3)CC(C2)C1. The first-order valence-electron chi connectivity index (χ1n) is 16.3. The minimum atomic E-state index is -0.769. The third-order valence-corrected chi connectivity index (χ3v) is 9.89. The normalized spacial score (nSPS) is 26.5. The highest BCUT2D eigenvalue weighted by Gasteiger charge is 2.46. The molecule has 8 nitrogen and oxygen atoms in total. The number of nitrogens with one attached hydrogen (secondary N) is 1. The molecule has 2 bridgehead atoms. The van der Waals surface area contributed by atoms with Gasteiger partial charge in [0, 0.05) is 36.8 Å². The quantitative estimate of drug-likeness (QED) is 0.184. The lowest BCUT2D eigenvalue weighted by atomic mass is 9.84. The molecular formula is C36H47N5O3. The Balaban J connectivity index is 1.16.